The predicted octanol–water partition coefficient (Wildman–Crippen LogP) is 1.06. The third kappa shape index (κ3) is 1.10. The van der Waals surface area contributed by atoms with Gasteiger partial charge in [-0.05, 0) is 19.1 Å². The van der Waals surface area contributed by atoms with Crippen molar-refractivity contribution in [3.63, 3.8) is 0 Å². The van der Waals surface area contributed by atoms with E-state index in [9.17, 15) is 9.90 Å². The molecule has 1 aromatic carbocycles. The Morgan fingerprint density at radius 2 is 2.19 bits per heavy atom. The second-order valence-corrected chi connectivity index (χ2v) is 4.21. The largest absolute Gasteiger partial charge is 0.486 e. The number of nitrogens with zero attached hydrogens (tertiary/aromatic N) is 1. The lowest BCUT2D eigenvalue weighted by molar-refractivity contribution is -0.0637. The SMILES string of the molecule is CC1(O)COc2cccc3ccc(=O)n1c23. The second kappa shape index (κ2) is 2.86. The molecular weight excluding hydrogens is 206 g/mol. The summed E-state index contributed by atoms with van der Waals surface area (Å²) in [4.78, 5) is 11.8. The molecule has 16 heavy (non-hydrogen) atoms. The van der Waals surface area contributed by atoms with Crippen LogP contribution in [0.1, 0.15) is 6.92 Å². The van der Waals surface area contributed by atoms with E-state index in [2.05, 4.69) is 0 Å². The Kier molecular flexibility index (Phi) is 1.68. The smallest absolute Gasteiger partial charge is 0.253 e. The normalized spacial score (nSPS) is 23.1. The van der Waals surface area contributed by atoms with Crippen LogP contribution in [0.25, 0.3) is 10.9 Å². The summed E-state index contributed by atoms with van der Waals surface area (Å²) in [7, 11) is 0. The molecule has 1 aromatic heterocycles. The first-order valence-corrected chi connectivity index (χ1v) is 5.10. The summed E-state index contributed by atoms with van der Waals surface area (Å²) in [5.41, 5.74) is -0.843. The maximum Gasteiger partial charge on any atom is 0.253 e. The van der Waals surface area contributed by atoms with Gasteiger partial charge >= 0.3 is 0 Å². The molecule has 1 aliphatic rings. The van der Waals surface area contributed by atoms with Crippen molar-refractivity contribution < 1.29 is 9.84 Å². The van der Waals surface area contributed by atoms with Gasteiger partial charge in [-0.1, -0.05) is 12.1 Å². The van der Waals surface area contributed by atoms with Crippen molar-refractivity contribution in [3.05, 3.63) is 40.7 Å². The first kappa shape index (κ1) is 9.42. The quantitative estimate of drug-likeness (QED) is 0.717. The number of rotatable bonds is 0. The molecule has 0 fully saturated rings. The topological polar surface area (TPSA) is 51.5 Å². The monoisotopic (exact) mass is 217 g/mol. The van der Waals surface area contributed by atoms with E-state index < -0.39 is 5.72 Å². The molecule has 2 heterocycles. The van der Waals surface area contributed by atoms with E-state index in [1.54, 1.807) is 19.1 Å². The van der Waals surface area contributed by atoms with Crippen LogP contribution < -0.4 is 10.3 Å². The van der Waals surface area contributed by atoms with Gasteiger partial charge in [0.2, 0.25) is 0 Å². The van der Waals surface area contributed by atoms with E-state index in [0.717, 1.165) is 5.39 Å². The predicted molar refractivity (Wildman–Crippen MR) is 59.6 cm³/mol. The molecule has 1 N–H and O–H groups in total. The van der Waals surface area contributed by atoms with E-state index in [1.807, 2.05) is 12.1 Å². The third-order valence-electron chi connectivity index (χ3n) is 2.86. The fourth-order valence-corrected chi connectivity index (χ4v) is 2.13. The molecule has 1 atom stereocenters. The molecule has 0 saturated heterocycles. The van der Waals surface area contributed by atoms with Crippen LogP contribution >= 0.6 is 0 Å². The molecule has 82 valence electrons. The van der Waals surface area contributed by atoms with Crippen molar-refractivity contribution in [1.29, 1.82) is 0 Å². The molecular formula is C12H11NO3. The van der Waals surface area contributed by atoms with Gasteiger partial charge in [0.25, 0.3) is 5.56 Å². The average molecular weight is 217 g/mol. The second-order valence-electron chi connectivity index (χ2n) is 4.21. The first-order chi connectivity index (χ1) is 7.59. The van der Waals surface area contributed by atoms with Crippen LogP contribution in [-0.2, 0) is 5.72 Å². The van der Waals surface area contributed by atoms with Gasteiger partial charge in [-0.2, -0.15) is 0 Å². The third-order valence-corrected chi connectivity index (χ3v) is 2.86. The van der Waals surface area contributed by atoms with Crippen molar-refractivity contribution in [2.45, 2.75) is 12.6 Å². The highest BCUT2D eigenvalue weighted by Crippen LogP contribution is 2.32. The van der Waals surface area contributed by atoms with Crippen molar-refractivity contribution in [1.82, 2.24) is 4.57 Å². The number of pyridine rings is 1. The standard InChI is InChI=1S/C12H11NO3/c1-12(15)7-16-9-4-2-3-8-5-6-10(14)13(12)11(8)9/h2-6,15H,7H2,1H3. The Bertz CT molecular complexity index is 628. The molecule has 0 bridgehead atoms. The fourth-order valence-electron chi connectivity index (χ4n) is 2.13. The Morgan fingerprint density at radius 1 is 1.38 bits per heavy atom. The minimum Gasteiger partial charge on any atom is -0.486 e. The van der Waals surface area contributed by atoms with Crippen LogP contribution in [0, 0.1) is 0 Å². The van der Waals surface area contributed by atoms with E-state index in [4.69, 9.17) is 4.74 Å². The summed E-state index contributed by atoms with van der Waals surface area (Å²) in [5, 5.41) is 11.0. The number of aromatic nitrogens is 1. The summed E-state index contributed by atoms with van der Waals surface area (Å²) >= 11 is 0. The number of aliphatic hydroxyl groups is 1. The first-order valence-electron chi connectivity index (χ1n) is 5.10. The van der Waals surface area contributed by atoms with Crippen LogP contribution in [0.3, 0.4) is 0 Å². The van der Waals surface area contributed by atoms with Crippen LogP contribution in [-0.4, -0.2) is 16.3 Å². The van der Waals surface area contributed by atoms with E-state index in [1.165, 1.54) is 10.6 Å². The number of ether oxygens (including phenoxy) is 1. The van der Waals surface area contributed by atoms with E-state index >= 15 is 0 Å². The number of para-hydroxylation sites is 1. The van der Waals surface area contributed by atoms with Gasteiger partial charge in [-0.3, -0.25) is 9.36 Å². The number of benzene rings is 1. The Hall–Kier alpha value is -1.81. The minimum atomic E-state index is -1.29. The van der Waals surface area contributed by atoms with E-state index in [-0.39, 0.29) is 12.2 Å². The van der Waals surface area contributed by atoms with E-state index in [0.29, 0.717) is 11.3 Å². The minimum absolute atomic E-state index is 0.0863. The molecule has 3 rings (SSSR count). The van der Waals surface area contributed by atoms with Gasteiger partial charge in [0, 0.05) is 11.5 Å². The van der Waals surface area contributed by atoms with Crippen LogP contribution in [0.2, 0.25) is 0 Å². The molecule has 1 unspecified atom stereocenters. The summed E-state index contributed by atoms with van der Waals surface area (Å²) < 4.78 is 6.85. The van der Waals surface area contributed by atoms with Crippen LogP contribution in [0.5, 0.6) is 5.75 Å². The molecule has 4 heteroatoms. The zero-order valence-corrected chi connectivity index (χ0v) is 8.80. The summed E-state index contributed by atoms with van der Waals surface area (Å²) in [5.74, 6) is 0.640. The molecule has 0 radical (unpaired) electrons. The summed E-state index contributed by atoms with van der Waals surface area (Å²) in [6, 6.07) is 8.76. The molecule has 0 amide bonds. The van der Waals surface area contributed by atoms with Crippen molar-refractivity contribution in [2.75, 3.05) is 6.61 Å². The molecule has 4 nitrogen and oxygen atoms in total. The molecule has 0 spiro atoms. The molecule has 2 aromatic rings. The van der Waals surface area contributed by atoms with Gasteiger partial charge in [-0.25, -0.2) is 0 Å². The average Bonchev–Trinajstić information content (AvgIpc) is 2.25. The van der Waals surface area contributed by atoms with Crippen molar-refractivity contribution in [3.8, 4) is 5.75 Å². The maximum atomic E-state index is 11.8. The summed E-state index contributed by atoms with van der Waals surface area (Å²) in [6.45, 7) is 1.66. The fraction of sp³-hybridized carbons (Fsp3) is 0.250. The van der Waals surface area contributed by atoms with Gasteiger partial charge in [0.15, 0.2) is 5.72 Å². The Balaban J connectivity index is 2.56. The van der Waals surface area contributed by atoms with Gasteiger partial charge < -0.3 is 9.84 Å². The van der Waals surface area contributed by atoms with Gasteiger partial charge in [0.1, 0.15) is 12.4 Å². The van der Waals surface area contributed by atoms with Crippen LogP contribution in [0.4, 0.5) is 0 Å². The van der Waals surface area contributed by atoms with Gasteiger partial charge in [0.05, 0.1) is 5.52 Å². The lowest BCUT2D eigenvalue weighted by atomic mass is 10.1. The highest BCUT2D eigenvalue weighted by molar-refractivity contribution is 5.85. The van der Waals surface area contributed by atoms with Crippen molar-refractivity contribution in [2.24, 2.45) is 0 Å². The zero-order valence-electron chi connectivity index (χ0n) is 8.80. The Labute approximate surface area is 91.7 Å². The summed E-state index contributed by atoms with van der Waals surface area (Å²) in [6.07, 6.45) is 0. The van der Waals surface area contributed by atoms with Crippen LogP contribution in [0.15, 0.2) is 35.1 Å². The van der Waals surface area contributed by atoms with Gasteiger partial charge in [-0.15, -0.1) is 0 Å². The number of hydrogen-bond donors (Lipinski definition) is 1. The lowest BCUT2D eigenvalue weighted by Gasteiger charge is -2.32. The maximum absolute atomic E-state index is 11.8. The highest BCUT2D eigenvalue weighted by atomic mass is 16.5. The molecule has 0 saturated carbocycles. The highest BCUT2D eigenvalue weighted by Gasteiger charge is 2.31. The number of hydrogen-bond acceptors (Lipinski definition) is 3. The molecule has 0 aliphatic carbocycles. The Morgan fingerprint density at radius 3 is 3.00 bits per heavy atom. The molecule has 1 aliphatic heterocycles. The lowest BCUT2D eigenvalue weighted by Crippen LogP contribution is -2.45. The zero-order chi connectivity index (χ0) is 11.3. The van der Waals surface area contributed by atoms with Crippen molar-refractivity contribution >= 4 is 10.9 Å².